The van der Waals surface area contributed by atoms with Crippen molar-refractivity contribution in [2.75, 3.05) is 23.4 Å². The fourth-order valence-corrected chi connectivity index (χ4v) is 4.42. The second-order valence-electron chi connectivity index (χ2n) is 7.38. The molecule has 0 fully saturated rings. The average Bonchev–Trinajstić information content (AvgIpc) is 3.25. The molecule has 0 aliphatic carbocycles. The van der Waals surface area contributed by atoms with Gasteiger partial charge < -0.3 is 15.0 Å². The molecule has 0 unspecified atom stereocenters. The van der Waals surface area contributed by atoms with Crippen molar-refractivity contribution in [3.8, 4) is 5.75 Å². The second-order valence-corrected chi connectivity index (χ2v) is 8.38. The molecular formula is C22H18F3N3O4S. The zero-order valence-electron chi connectivity index (χ0n) is 17.1. The third kappa shape index (κ3) is 5.43. The number of nitro groups is 1. The smallest absolute Gasteiger partial charge is 0.422 e. The van der Waals surface area contributed by atoms with Gasteiger partial charge in [-0.25, -0.2) is 0 Å². The summed E-state index contributed by atoms with van der Waals surface area (Å²) in [5.41, 5.74) is 1.72. The van der Waals surface area contributed by atoms with Gasteiger partial charge in [0.2, 0.25) is 0 Å². The van der Waals surface area contributed by atoms with Crippen molar-refractivity contribution in [1.29, 1.82) is 0 Å². The van der Waals surface area contributed by atoms with Crippen LogP contribution in [0.3, 0.4) is 0 Å². The lowest BCUT2D eigenvalue weighted by atomic mass is 10.1. The normalized spacial score (nSPS) is 13.4. The van der Waals surface area contributed by atoms with E-state index in [0.29, 0.717) is 5.69 Å². The number of alkyl halides is 3. The number of carbonyl (C=O) groups is 1. The lowest BCUT2D eigenvalue weighted by Crippen LogP contribution is -2.29. The molecule has 1 aliphatic rings. The fraction of sp³-hybridized carbons (Fsp3) is 0.227. The van der Waals surface area contributed by atoms with Gasteiger partial charge in [-0.1, -0.05) is 0 Å². The monoisotopic (exact) mass is 477 g/mol. The summed E-state index contributed by atoms with van der Waals surface area (Å²) in [6.45, 7) is 0.0916. The number of rotatable bonds is 6. The maximum atomic E-state index is 12.7. The Morgan fingerprint density at radius 1 is 1.18 bits per heavy atom. The summed E-state index contributed by atoms with van der Waals surface area (Å²) in [6.07, 6.45) is -3.62. The Bertz CT molecular complexity index is 1180. The quantitative estimate of drug-likeness (QED) is 0.379. The number of amides is 1. The van der Waals surface area contributed by atoms with Crippen molar-refractivity contribution >= 4 is 34.3 Å². The van der Waals surface area contributed by atoms with E-state index in [1.165, 1.54) is 10.4 Å². The molecule has 0 saturated carbocycles. The molecular weight excluding hydrogens is 459 g/mol. The van der Waals surface area contributed by atoms with Crippen molar-refractivity contribution in [1.82, 2.24) is 0 Å². The summed E-state index contributed by atoms with van der Waals surface area (Å²) in [5.74, 6) is -1.12. The molecule has 1 N–H and O–H groups in total. The van der Waals surface area contributed by atoms with E-state index in [1.807, 2.05) is 12.1 Å². The van der Waals surface area contributed by atoms with Crippen LogP contribution in [0.2, 0.25) is 0 Å². The number of thiophene rings is 1. The van der Waals surface area contributed by atoms with E-state index in [2.05, 4.69) is 26.4 Å². The van der Waals surface area contributed by atoms with Gasteiger partial charge in [0.1, 0.15) is 11.3 Å². The van der Waals surface area contributed by atoms with E-state index in [-0.39, 0.29) is 5.75 Å². The Balaban J connectivity index is 1.47. The number of nitro benzene ring substituents is 1. The van der Waals surface area contributed by atoms with Crippen LogP contribution in [-0.4, -0.2) is 30.2 Å². The topological polar surface area (TPSA) is 84.7 Å². The van der Waals surface area contributed by atoms with Gasteiger partial charge in [0, 0.05) is 35.4 Å². The van der Waals surface area contributed by atoms with Gasteiger partial charge in [0.05, 0.1) is 4.92 Å². The third-order valence-corrected chi connectivity index (χ3v) is 6.13. The Morgan fingerprint density at radius 3 is 2.64 bits per heavy atom. The minimum atomic E-state index is -4.58. The number of benzene rings is 2. The first-order valence-electron chi connectivity index (χ1n) is 9.89. The molecule has 172 valence electrons. The number of hydrogen-bond donors (Lipinski definition) is 1. The zero-order valence-corrected chi connectivity index (χ0v) is 17.9. The highest BCUT2D eigenvalue weighted by molar-refractivity contribution is 7.10. The number of fused-ring (bicyclic) bond motifs is 1. The van der Waals surface area contributed by atoms with Gasteiger partial charge in [-0.3, -0.25) is 14.9 Å². The van der Waals surface area contributed by atoms with Crippen molar-refractivity contribution in [2.45, 2.75) is 19.1 Å². The first-order valence-corrected chi connectivity index (χ1v) is 10.8. The minimum Gasteiger partial charge on any atom is -0.484 e. The van der Waals surface area contributed by atoms with E-state index < -0.39 is 34.9 Å². The largest absolute Gasteiger partial charge is 0.484 e. The Kier molecular flexibility index (Phi) is 6.23. The number of halogens is 3. The molecule has 0 bridgehead atoms. The molecule has 2 heterocycles. The molecule has 1 amide bonds. The number of nitrogens with one attached hydrogen (secondary N) is 1. The molecule has 7 nitrogen and oxygen atoms in total. The van der Waals surface area contributed by atoms with Crippen LogP contribution in [0.15, 0.2) is 53.9 Å². The highest BCUT2D eigenvalue weighted by Gasteiger charge is 2.29. The maximum absolute atomic E-state index is 12.7. The molecule has 0 spiro atoms. The van der Waals surface area contributed by atoms with Gasteiger partial charge >= 0.3 is 6.18 Å². The minimum absolute atomic E-state index is 0.295. The highest BCUT2D eigenvalue weighted by atomic mass is 32.1. The average molecular weight is 477 g/mol. The summed E-state index contributed by atoms with van der Waals surface area (Å²) in [6, 6.07) is 12.0. The highest BCUT2D eigenvalue weighted by Crippen LogP contribution is 2.30. The SMILES string of the molecule is O=C(Nc1ccc(N2CCc3sccc3C2)cc1)c1cc(OCC(F)(F)F)ccc1[N+](=O)[O-]. The van der Waals surface area contributed by atoms with Gasteiger partial charge in [-0.2, -0.15) is 13.2 Å². The Morgan fingerprint density at radius 2 is 1.94 bits per heavy atom. The van der Waals surface area contributed by atoms with Crippen molar-refractivity contribution in [3.63, 3.8) is 0 Å². The number of ether oxygens (including phenoxy) is 1. The zero-order chi connectivity index (χ0) is 23.6. The van der Waals surface area contributed by atoms with Gasteiger partial charge in [0.15, 0.2) is 6.61 Å². The molecule has 2 aromatic carbocycles. The molecule has 0 radical (unpaired) electrons. The van der Waals surface area contributed by atoms with Crippen molar-refractivity contribution in [2.24, 2.45) is 0 Å². The number of hydrogen-bond acceptors (Lipinski definition) is 6. The van der Waals surface area contributed by atoms with Crippen LogP contribution in [-0.2, 0) is 13.0 Å². The molecule has 0 saturated heterocycles. The molecule has 1 aromatic heterocycles. The number of nitrogens with zero attached hydrogens (tertiary/aromatic N) is 2. The van der Waals surface area contributed by atoms with Gasteiger partial charge in [-0.05, 0) is 59.8 Å². The third-order valence-electron chi connectivity index (χ3n) is 5.11. The van der Waals surface area contributed by atoms with Crippen LogP contribution in [0.4, 0.5) is 30.2 Å². The number of anilines is 2. The molecule has 1 aliphatic heterocycles. The Hall–Kier alpha value is -3.60. The molecule has 11 heteroatoms. The van der Waals surface area contributed by atoms with E-state index >= 15 is 0 Å². The van der Waals surface area contributed by atoms with Crippen LogP contribution in [0.5, 0.6) is 5.75 Å². The van der Waals surface area contributed by atoms with E-state index in [0.717, 1.165) is 43.4 Å². The summed E-state index contributed by atoms with van der Waals surface area (Å²) < 4.78 is 41.8. The molecule has 0 atom stereocenters. The lowest BCUT2D eigenvalue weighted by molar-refractivity contribution is -0.385. The maximum Gasteiger partial charge on any atom is 0.422 e. The van der Waals surface area contributed by atoms with E-state index in [4.69, 9.17) is 0 Å². The molecule has 3 aromatic rings. The van der Waals surface area contributed by atoms with Crippen LogP contribution in [0, 0.1) is 10.1 Å². The summed E-state index contributed by atoms with van der Waals surface area (Å²) in [4.78, 5) is 26.8. The van der Waals surface area contributed by atoms with Crippen molar-refractivity contribution < 1.29 is 27.6 Å². The van der Waals surface area contributed by atoms with Crippen LogP contribution < -0.4 is 15.0 Å². The second kappa shape index (κ2) is 9.10. The first kappa shape index (κ1) is 22.6. The van der Waals surface area contributed by atoms with Gasteiger partial charge in [-0.15, -0.1) is 11.3 Å². The molecule has 4 rings (SSSR count). The van der Waals surface area contributed by atoms with Gasteiger partial charge in [0.25, 0.3) is 11.6 Å². The summed E-state index contributed by atoms with van der Waals surface area (Å²) >= 11 is 1.75. The Labute approximate surface area is 190 Å². The predicted molar refractivity (Wildman–Crippen MR) is 118 cm³/mol. The van der Waals surface area contributed by atoms with Crippen molar-refractivity contribution in [3.05, 3.63) is 80.0 Å². The van der Waals surface area contributed by atoms with Crippen LogP contribution >= 0.6 is 11.3 Å². The molecule has 33 heavy (non-hydrogen) atoms. The standard InChI is InChI=1S/C22H18F3N3O4S/c23-22(24,25)13-32-17-5-6-19(28(30)31)18(11-17)21(29)26-15-1-3-16(4-2-15)27-9-7-20-14(12-27)8-10-33-20/h1-6,8,10-11H,7,9,12-13H2,(H,26,29). The summed E-state index contributed by atoms with van der Waals surface area (Å²) in [7, 11) is 0. The van der Waals surface area contributed by atoms with E-state index in [9.17, 15) is 28.1 Å². The first-order chi connectivity index (χ1) is 15.7. The van der Waals surface area contributed by atoms with E-state index in [1.54, 1.807) is 23.5 Å². The number of carbonyl (C=O) groups excluding carboxylic acids is 1. The van der Waals surface area contributed by atoms with Crippen LogP contribution in [0.1, 0.15) is 20.8 Å². The van der Waals surface area contributed by atoms with Crippen LogP contribution in [0.25, 0.3) is 0 Å². The fourth-order valence-electron chi connectivity index (χ4n) is 3.53. The predicted octanol–water partition coefficient (Wildman–Crippen LogP) is 5.41. The summed E-state index contributed by atoms with van der Waals surface area (Å²) in [5, 5.41) is 15.9. The lowest BCUT2D eigenvalue weighted by Gasteiger charge is -2.29.